The Kier molecular flexibility index (Phi) is 4.85. The first-order valence-corrected chi connectivity index (χ1v) is 8.57. The maximum Gasteiger partial charge on any atom is 0.229 e. The molecule has 2 aromatic rings. The second-order valence-electron chi connectivity index (χ2n) is 6.48. The van der Waals surface area contributed by atoms with Crippen LogP contribution >= 0.6 is 0 Å². The monoisotopic (exact) mass is 326 g/mol. The molecule has 0 radical (unpaired) electrons. The van der Waals surface area contributed by atoms with Crippen molar-refractivity contribution in [1.82, 2.24) is 9.97 Å². The normalized spacial score (nSPS) is 17.3. The van der Waals surface area contributed by atoms with Gasteiger partial charge in [0, 0.05) is 42.3 Å². The van der Waals surface area contributed by atoms with Gasteiger partial charge in [0.05, 0.1) is 0 Å². The number of hydrogen-bond acceptors (Lipinski definition) is 6. The highest BCUT2D eigenvalue weighted by atomic mass is 15.2. The van der Waals surface area contributed by atoms with Crippen LogP contribution in [0, 0.1) is 6.92 Å². The Hall–Kier alpha value is -2.34. The molecule has 0 spiro atoms. The van der Waals surface area contributed by atoms with Crippen LogP contribution in [0.25, 0.3) is 0 Å². The molecule has 2 heterocycles. The molecular formula is C18H26N6. The highest BCUT2D eigenvalue weighted by Crippen LogP contribution is 2.24. The van der Waals surface area contributed by atoms with Gasteiger partial charge in [0.25, 0.3) is 0 Å². The quantitative estimate of drug-likeness (QED) is 0.731. The number of anilines is 4. The summed E-state index contributed by atoms with van der Waals surface area (Å²) in [5, 5.41) is 3.29. The average Bonchev–Trinajstić information content (AvgIpc) is 2.98. The fourth-order valence-electron chi connectivity index (χ4n) is 2.93. The predicted octanol–water partition coefficient (Wildman–Crippen LogP) is 2.60. The number of hydrogen-bond donors (Lipinski definition) is 3. The van der Waals surface area contributed by atoms with Crippen molar-refractivity contribution in [3.05, 3.63) is 35.5 Å². The first-order chi connectivity index (χ1) is 11.5. The van der Waals surface area contributed by atoms with E-state index in [9.17, 15) is 0 Å². The first-order valence-electron chi connectivity index (χ1n) is 8.57. The van der Waals surface area contributed by atoms with Crippen LogP contribution < -0.4 is 21.7 Å². The van der Waals surface area contributed by atoms with Crippen LogP contribution in [0.2, 0.25) is 0 Å². The fourth-order valence-corrected chi connectivity index (χ4v) is 2.93. The van der Waals surface area contributed by atoms with Crippen molar-refractivity contribution in [2.24, 2.45) is 5.73 Å². The number of nitrogens with zero attached hydrogens (tertiary/aromatic N) is 3. The smallest absolute Gasteiger partial charge is 0.229 e. The minimum Gasteiger partial charge on any atom is -0.398 e. The zero-order valence-electron chi connectivity index (χ0n) is 14.4. The Labute approximate surface area is 143 Å². The molecule has 0 saturated carbocycles. The molecule has 0 bridgehead atoms. The lowest BCUT2D eigenvalue weighted by atomic mass is 10.2. The third-order valence-electron chi connectivity index (χ3n) is 4.36. The summed E-state index contributed by atoms with van der Waals surface area (Å²) in [6, 6.07) is 8.20. The first kappa shape index (κ1) is 16.5. The van der Waals surface area contributed by atoms with Crippen molar-refractivity contribution in [3.8, 4) is 0 Å². The fraction of sp³-hybridized carbons (Fsp3) is 0.444. The van der Waals surface area contributed by atoms with E-state index in [2.05, 4.69) is 33.2 Å². The second-order valence-corrected chi connectivity index (χ2v) is 6.48. The van der Waals surface area contributed by atoms with E-state index in [1.54, 1.807) is 0 Å². The summed E-state index contributed by atoms with van der Waals surface area (Å²) in [5.41, 5.74) is 15.8. The van der Waals surface area contributed by atoms with Crippen LogP contribution in [0.15, 0.2) is 24.3 Å². The van der Waals surface area contributed by atoms with Crippen molar-refractivity contribution in [2.75, 3.05) is 29.0 Å². The summed E-state index contributed by atoms with van der Waals surface area (Å²) in [6.07, 6.45) is 2.98. The number of aromatic nitrogens is 2. The lowest BCUT2D eigenvalue weighted by Gasteiger charge is -2.19. The van der Waals surface area contributed by atoms with Crippen LogP contribution in [0.5, 0.6) is 0 Å². The van der Waals surface area contributed by atoms with Gasteiger partial charge in [-0.1, -0.05) is 19.4 Å². The van der Waals surface area contributed by atoms with E-state index in [1.807, 2.05) is 25.1 Å². The average molecular weight is 326 g/mol. The van der Waals surface area contributed by atoms with Crippen molar-refractivity contribution < 1.29 is 0 Å². The van der Waals surface area contributed by atoms with E-state index in [1.165, 1.54) is 0 Å². The van der Waals surface area contributed by atoms with Crippen LogP contribution in [0.4, 0.5) is 23.1 Å². The molecule has 5 N–H and O–H groups in total. The van der Waals surface area contributed by atoms with Crippen LogP contribution in [0.3, 0.4) is 0 Å². The zero-order chi connectivity index (χ0) is 17.1. The van der Waals surface area contributed by atoms with E-state index in [4.69, 9.17) is 11.5 Å². The minimum absolute atomic E-state index is 0.225. The van der Waals surface area contributed by atoms with E-state index >= 15 is 0 Å². The molecule has 1 aliphatic heterocycles. The number of nitrogens with one attached hydrogen (secondary N) is 1. The Morgan fingerprint density at radius 3 is 2.79 bits per heavy atom. The van der Waals surface area contributed by atoms with Gasteiger partial charge in [-0.25, -0.2) is 4.98 Å². The van der Waals surface area contributed by atoms with Crippen molar-refractivity contribution in [2.45, 2.75) is 39.2 Å². The predicted molar refractivity (Wildman–Crippen MR) is 99.7 cm³/mol. The number of rotatable bonds is 5. The summed E-state index contributed by atoms with van der Waals surface area (Å²) in [7, 11) is 0. The molecule has 3 rings (SSSR count). The highest BCUT2D eigenvalue weighted by Gasteiger charge is 2.21. The summed E-state index contributed by atoms with van der Waals surface area (Å²) < 4.78 is 0. The van der Waals surface area contributed by atoms with Crippen LogP contribution in [-0.2, 0) is 6.42 Å². The molecule has 6 nitrogen and oxygen atoms in total. The Morgan fingerprint density at radius 1 is 1.29 bits per heavy atom. The SMILES string of the molecule is CCCc1cc(N2CCC(N)C2)nc(Nc2ccc(C)c(N)c2)n1. The van der Waals surface area contributed by atoms with E-state index in [0.717, 1.165) is 60.8 Å². The number of nitrogen functional groups attached to an aromatic ring is 1. The summed E-state index contributed by atoms with van der Waals surface area (Å²) in [4.78, 5) is 11.6. The number of aryl methyl sites for hydroxylation is 2. The van der Waals surface area contributed by atoms with E-state index in [-0.39, 0.29) is 6.04 Å². The van der Waals surface area contributed by atoms with Gasteiger partial charge < -0.3 is 21.7 Å². The highest BCUT2D eigenvalue weighted by molar-refractivity contribution is 5.63. The molecule has 1 aliphatic rings. The molecule has 1 aromatic carbocycles. The van der Waals surface area contributed by atoms with E-state index < -0.39 is 0 Å². The van der Waals surface area contributed by atoms with Gasteiger partial charge in [0.15, 0.2) is 0 Å². The molecule has 1 saturated heterocycles. The standard InChI is InChI=1S/C18H26N6/c1-3-4-14-10-17(24-8-7-13(19)11-24)23-18(21-14)22-15-6-5-12(2)16(20)9-15/h5-6,9-10,13H,3-4,7-8,11,19-20H2,1-2H3,(H,21,22,23). The molecule has 1 aromatic heterocycles. The Morgan fingerprint density at radius 2 is 2.12 bits per heavy atom. The summed E-state index contributed by atoms with van der Waals surface area (Å²) >= 11 is 0. The van der Waals surface area contributed by atoms with Crippen molar-refractivity contribution >= 4 is 23.1 Å². The third kappa shape index (κ3) is 3.76. The van der Waals surface area contributed by atoms with Gasteiger partial charge in [0.2, 0.25) is 5.95 Å². The van der Waals surface area contributed by atoms with Gasteiger partial charge in [-0.3, -0.25) is 0 Å². The molecule has 1 unspecified atom stereocenters. The Balaban J connectivity index is 1.88. The third-order valence-corrected chi connectivity index (χ3v) is 4.36. The number of benzene rings is 1. The molecule has 24 heavy (non-hydrogen) atoms. The summed E-state index contributed by atoms with van der Waals surface area (Å²) in [5.74, 6) is 1.56. The van der Waals surface area contributed by atoms with Gasteiger partial charge in [-0.05, 0) is 37.5 Å². The maximum absolute atomic E-state index is 6.04. The summed E-state index contributed by atoms with van der Waals surface area (Å²) in [6.45, 7) is 5.94. The molecular weight excluding hydrogens is 300 g/mol. The van der Waals surface area contributed by atoms with Gasteiger partial charge in [-0.2, -0.15) is 4.98 Å². The molecule has 0 aliphatic carbocycles. The topological polar surface area (TPSA) is 93.1 Å². The van der Waals surface area contributed by atoms with Crippen molar-refractivity contribution in [1.29, 1.82) is 0 Å². The van der Waals surface area contributed by atoms with E-state index in [0.29, 0.717) is 5.95 Å². The van der Waals surface area contributed by atoms with Crippen LogP contribution in [0.1, 0.15) is 31.0 Å². The molecule has 1 atom stereocenters. The molecule has 6 heteroatoms. The van der Waals surface area contributed by atoms with Crippen LogP contribution in [-0.4, -0.2) is 29.1 Å². The lowest BCUT2D eigenvalue weighted by Crippen LogP contribution is -2.27. The molecule has 0 amide bonds. The van der Waals surface area contributed by atoms with Crippen molar-refractivity contribution in [3.63, 3.8) is 0 Å². The zero-order valence-corrected chi connectivity index (χ0v) is 14.4. The lowest BCUT2D eigenvalue weighted by molar-refractivity contribution is 0.751. The van der Waals surface area contributed by atoms with Gasteiger partial charge in [-0.15, -0.1) is 0 Å². The van der Waals surface area contributed by atoms with Gasteiger partial charge >= 0.3 is 0 Å². The second kappa shape index (κ2) is 7.05. The molecule has 128 valence electrons. The van der Waals surface area contributed by atoms with Gasteiger partial charge in [0.1, 0.15) is 5.82 Å². The number of nitrogens with two attached hydrogens (primary N) is 2. The minimum atomic E-state index is 0.225. The maximum atomic E-state index is 6.04. The largest absolute Gasteiger partial charge is 0.398 e. The molecule has 1 fully saturated rings. The Bertz CT molecular complexity index is 715.